The molecule has 3 rings (SSSR count). The molecule has 0 spiro atoms. The molecular weight excluding hydrogens is 226 g/mol. The zero-order chi connectivity index (χ0) is 11.8. The van der Waals surface area contributed by atoms with Crippen LogP contribution in [0.2, 0.25) is 0 Å². The van der Waals surface area contributed by atoms with E-state index in [1.54, 1.807) is 0 Å². The lowest BCUT2D eigenvalue weighted by Crippen LogP contribution is -1.95. The Bertz CT molecular complexity index is 548. The van der Waals surface area contributed by atoms with Gasteiger partial charge in [-0.25, -0.2) is 0 Å². The van der Waals surface area contributed by atoms with Crippen LogP contribution in [0, 0.1) is 0 Å². The Kier molecular flexibility index (Phi) is 2.60. The van der Waals surface area contributed by atoms with Crippen LogP contribution in [-0.4, -0.2) is 5.25 Å². The van der Waals surface area contributed by atoms with Crippen molar-refractivity contribution in [2.45, 2.75) is 23.5 Å². The summed E-state index contributed by atoms with van der Waals surface area (Å²) in [4.78, 5) is 1.29. The summed E-state index contributed by atoms with van der Waals surface area (Å²) in [6.45, 7) is 2.26. The number of fused-ring (bicyclic) bond motifs is 1. The number of thioether (sulfide) groups is 1. The first-order chi connectivity index (χ1) is 8.25. The maximum absolute atomic E-state index is 6.06. The van der Waals surface area contributed by atoms with Crippen LogP contribution in [0.3, 0.4) is 0 Å². The van der Waals surface area contributed by atoms with Crippen molar-refractivity contribution in [2.75, 3.05) is 5.73 Å². The molecule has 1 atom stereocenters. The molecule has 0 aliphatic carbocycles. The molecule has 0 radical (unpaired) electrons. The van der Waals surface area contributed by atoms with Crippen LogP contribution in [0.15, 0.2) is 47.4 Å². The van der Waals surface area contributed by atoms with Crippen molar-refractivity contribution in [1.82, 2.24) is 0 Å². The minimum Gasteiger partial charge on any atom is -0.398 e. The molecule has 1 unspecified atom stereocenters. The van der Waals surface area contributed by atoms with E-state index in [9.17, 15) is 0 Å². The van der Waals surface area contributed by atoms with Gasteiger partial charge in [0, 0.05) is 15.8 Å². The first kappa shape index (κ1) is 10.7. The lowest BCUT2D eigenvalue weighted by Gasteiger charge is -2.09. The molecule has 1 heterocycles. The van der Waals surface area contributed by atoms with Crippen LogP contribution in [0.1, 0.15) is 12.5 Å². The van der Waals surface area contributed by atoms with Gasteiger partial charge in [0.1, 0.15) is 0 Å². The van der Waals surface area contributed by atoms with E-state index >= 15 is 0 Å². The molecule has 86 valence electrons. The van der Waals surface area contributed by atoms with E-state index in [0.29, 0.717) is 5.25 Å². The van der Waals surface area contributed by atoms with Crippen molar-refractivity contribution < 1.29 is 0 Å². The van der Waals surface area contributed by atoms with Crippen molar-refractivity contribution in [3.05, 3.63) is 48.0 Å². The minimum atomic E-state index is 0.636. The van der Waals surface area contributed by atoms with E-state index in [4.69, 9.17) is 5.73 Å². The molecule has 2 N–H and O–H groups in total. The van der Waals surface area contributed by atoms with Crippen molar-refractivity contribution in [3.63, 3.8) is 0 Å². The Hall–Kier alpha value is -1.41. The Balaban J connectivity index is 2.18. The van der Waals surface area contributed by atoms with E-state index in [2.05, 4.69) is 43.3 Å². The lowest BCUT2D eigenvalue weighted by atomic mass is 9.96. The third-order valence-electron chi connectivity index (χ3n) is 3.19. The highest BCUT2D eigenvalue weighted by atomic mass is 32.2. The fourth-order valence-corrected chi connectivity index (χ4v) is 3.60. The van der Waals surface area contributed by atoms with Gasteiger partial charge in [-0.3, -0.25) is 0 Å². The summed E-state index contributed by atoms with van der Waals surface area (Å²) in [7, 11) is 0. The molecule has 1 aliphatic heterocycles. The van der Waals surface area contributed by atoms with Crippen molar-refractivity contribution in [1.29, 1.82) is 0 Å². The fraction of sp³-hybridized carbons (Fsp3) is 0.200. The van der Waals surface area contributed by atoms with Gasteiger partial charge in [0.2, 0.25) is 0 Å². The SMILES string of the molecule is CC1Cc2c(-c3ccccc3)ccc(N)c2S1. The first-order valence-corrected chi connectivity index (χ1v) is 6.77. The Morgan fingerprint density at radius 1 is 1.12 bits per heavy atom. The quantitative estimate of drug-likeness (QED) is 0.764. The van der Waals surface area contributed by atoms with Gasteiger partial charge in [0.05, 0.1) is 0 Å². The standard InChI is InChI=1S/C15H15NS/c1-10-9-13-12(11-5-3-2-4-6-11)7-8-14(16)15(13)17-10/h2-8,10H,9,16H2,1H3. The monoisotopic (exact) mass is 241 g/mol. The van der Waals surface area contributed by atoms with Crippen molar-refractivity contribution >= 4 is 17.4 Å². The largest absolute Gasteiger partial charge is 0.398 e. The maximum atomic E-state index is 6.06. The summed E-state index contributed by atoms with van der Waals surface area (Å²) in [6.07, 6.45) is 1.12. The van der Waals surface area contributed by atoms with Gasteiger partial charge < -0.3 is 5.73 Å². The van der Waals surface area contributed by atoms with Gasteiger partial charge in [-0.2, -0.15) is 0 Å². The molecule has 17 heavy (non-hydrogen) atoms. The van der Waals surface area contributed by atoms with Crippen LogP contribution in [-0.2, 0) is 6.42 Å². The summed E-state index contributed by atoms with van der Waals surface area (Å²) >= 11 is 1.90. The molecule has 0 saturated carbocycles. The molecule has 2 heteroatoms. The molecule has 1 nitrogen and oxygen atoms in total. The van der Waals surface area contributed by atoms with Gasteiger partial charge in [-0.05, 0) is 29.2 Å². The molecule has 1 aliphatic rings. The zero-order valence-corrected chi connectivity index (χ0v) is 10.6. The molecule has 0 saturated heterocycles. The molecule has 0 bridgehead atoms. The van der Waals surface area contributed by atoms with E-state index in [1.165, 1.54) is 21.6 Å². The van der Waals surface area contributed by atoms with Crippen LogP contribution >= 0.6 is 11.8 Å². The molecule has 2 aromatic carbocycles. The highest BCUT2D eigenvalue weighted by Gasteiger charge is 2.23. The van der Waals surface area contributed by atoms with Crippen molar-refractivity contribution in [3.8, 4) is 11.1 Å². The molecular formula is C15H15NS. The van der Waals surface area contributed by atoms with Gasteiger partial charge in [0.15, 0.2) is 0 Å². The van der Waals surface area contributed by atoms with E-state index < -0.39 is 0 Å². The number of nitrogen functional groups attached to an aromatic ring is 1. The highest BCUT2D eigenvalue weighted by Crippen LogP contribution is 2.44. The Labute approximate surface area is 106 Å². The number of anilines is 1. The lowest BCUT2D eigenvalue weighted by molar-refractivity contribution is 0.962. The Morgan fingerprint density at radius 3 is 2.65 bits per heavy atom. The van der Waals surface area contributed by atoms with E-state index in [1.807, 2.05) is 17.8 Å². The molecule has 0 aromatic heterocycles. The number of benzene rings is 2. The summed E-state index contributed by atoms with van der Waals surface area (Å²) < 4.78 is 0. The minimum absolute atomic E-state index is 0.636. The second kappa shape index (κ2) is 4.11. The predicted octanol–water partition coefficient (Wildman–Crippen LogP) is 3.97. The summed E-state index contributed by atoms with van der Waals surface area (Å²) in [5, 5.41) is 0.636. The van der Waals surface area contributed by atoms with Gasteiger partial charge >= 0.3 is 0 Å². The molecule has 0 amide bonds. The zero-order valence-electron chi connectivity index (χ0n) is 9.81. The topological polar surface area (TPSA) is 26.0 Å². The van der Waals surface area contributed by atoms with E-state index in [-0.39, 0.29) is 0 Å². The summed E-state index contributed by atoms with van der Waals surface area (Å²) in [5.74, 6) is 0. The molecule has 0 fully saturated rings. The third kappa shape index (κ3) is 1.83. The first-order valence-electron chi connectivity index (χ1n) is 5.89. The molecule has 2 aromatic rings. The van der Waals surface area contributed by atoms with Crippen LogP contribution < -0.4 is 5.73 Å². The van der Waals surface area contributed by atoms with Crippen LogP contribution in [0.5, 0.6) is 0 Å². The Morgan fingerprint density at radius 2 is 1.88 bits per heavy atom. The van der Waals surface area contributed by atoms with Crippen molar-refractivity contribution in [2.24, 2.45) is 0 Å². The second-order valence-electron chi connectivity index (χ2n) is 4.51. The van der Waals surface area contributed by atoms with Gasteiger partial charge in [-0.15, -0.1) is 11.8 Å². The van der Waals surface area contributed by atoms with Crippen LogP contribution in [0.4, 0.5) is 5.69 Å². The van der Waals surface area contributed by atoms with Crippen LogP contribution in [0.25, 0.3) is 11.1 Å². The third-order valence-corrected chi connectivity index (χ3v) is 4.47. The number of hydrogen-bond acceptors (Lipinski definition) is 2. The maximum Gasteiger partial charge on any atom is 0.0455 e. The van der Waals surface area contributed by atoms with Gasteiger partial charge in [0.25, 0.3) is 0 Å². The number of nitrogens with two attached hydrogens (primary N) is 1. The number of rotatable bonds is 1. The summed E-state index contributed by atoms with van der Waals surface area (Å²) in [5.41, 5.74) is 11.0. The highest BCUT2D eigenvalue weighted by molar-refractivity contribution is 8.00. The van der Waals surface area contributed by atoms with E-state index in [0.717, 1.165) is 12.1 Å². The second-order valence-corrected chi connectivity index (χ2v) is 5.96. The average Bonchev–Trinajstić information content (AvgIpc) is 2.73. The predicted molar refractivity (Wildman–Crippen MR) is 75.3 cm³/mol. The smallest absolute Gasteiger partial charge is 0.0455 e. The number of hydrogen-bond donors (Lipinski definition) is 1. The average molecular weight is 241 g/mol. The summed E-state index contributed by atoms with van der Waals surface area (Å²) in [6, 6.07) is 14.7. The fourth-order valence-electron chi connectivity index (χ4n) is 2.41. The van der Waals surface area contributed by atoms with Gasteiger partial charge in [-0.1, -0.05) is 43.3 Å². The normalized spacial score (nSPS) is 18.1.